The molecule has 4 heteroatoms. The predicted molar refractivity (Wildman–Crippen MR) is 75.1 cm³/mol. The maximum absolute atomic E-state index is 6.13. The molecule has 1 saturated carbocycles. The number of nitrogens with one attached hydrogen (secondary N) is 1. The van der Waals surface area contributed by atoms with Gasteiger partial charge in [-0.2, -0.15) is 10.2 Å². The van der Waals surface area contributed by atoms with Gasteiger partial charge in [0.05, 0.1) is 17.4 Å². The molecule has 1 fully saturated rings. The van der Waals surface area contributed by atoms with E-state index in [1.54, 1.807) is 0 Å². The quantitative estimate of drug-likeness (QED) is 0.840. The summed E-state index contributed by atoms with van der Waals surface area (Å²) in [5.74, 6) is 0. The van der Waals surface area contributed by atoms with Gasteiger partial charge in [0.15, 0.2) is 0 Å². The monoisotopic (exact) mass is 261 g/mol. The van der Waals surface area contributed by atoms with Crippen LogP contribution in [0.15, 0.2) is 30.5 Å². The van der Waals surface area contributed by atoms with Crippen molar-refractivity contribution in [2.75, 3.05) is 5.32 Å². The zero-order valence-corrected chi connectivity index (χ0v) is 10.9. The molecule has 1 aromatic carbocycles. The molecular weight excluding hydrogens is 246 g/mol. The Hall–Kier alpha value is -1.35. The molecule has 1 aromatic heterocycles. The zero-order valence-electron chi connectivity index (χ0n) is 10.1. The minimum absolute atomic E-state index is 0.357. The first-order valence-electron chi connectivity index (χ1n) is 6.44. The molecule has 3 rings (SSSR count). The highest BCUT2D eigenvalue weighted by Gasteiger charge is 2.19. The Morgan fingerprint density at radius 3 is 2.72 bits per heavy atom. The summed E-state index contributed by atoms with van der Waals surface area (Å²) >= 11 is 6.13. The van der Waals surface area contributed by atoms with Gasteiger partial charge < -0.3 is 5.32 Å². The van der Waals surface area contributed by atoms with Crippen molar-refractivity contribution in [3.63, 3.8) is 0 Å². The van der Waals surface area contributed by atoms with Crippen molar-refractivity contribution in [2.45, 2.75) is 37.1 Å². The number of benzene rings is 1. The van der Waals surface area contributed by atoms with Crippen molar-refractivity contribution >= 4 is 28.2 Å². The molecule has 0 unspecified atom stereocenters. The highest BCUT2D eigenvalue weighted by Crippen LogP contribution is 2.27. The number of rotatable bonds is 2. The summed E-state index contributed by atoms with van der Waals surface area (Å²) in [5, 5.41) is 13.3. The first kappa shape index (κ1) is 11.7. The molecule has 0 aliphatic heterocycles. The van der Waals surface area contributed by atoms with Crippen LogP contribution >= 0.6 is 11.6 Å². The third-order valence-electron chi connectivity index (χ3n) is 3.56. The number of fused-ring (bicyclic) bond motifs is 1. The van der Waals surface area contributed by atoms with Crippen molar-refractivity contribution in [1.29, 1.82) is 0 Å². The minimum Gasteiger partial charge on any atom is -0.380 e. The van der Waals surface area contributed by atoms with Crippen molar-refractivity contribution in [1.82, 2.24) is 10.2 Å². The van der Waals surface area contributed by atoms with Crippen LogP contribution in [-0.4, -0.2) is 21.6 Å². The van der Waals surface area contributed by atoms with E-state index in [0.29, 0.717) is 11.4 Å². The Kier molecular flexibility index (Phi) is 3.33. The van der Waals surface area contributed by atoms with Crippen LogP contribution in [0.4, 0.5) is 5.69 Å². The molecule has 0 bridgehead atoms. The van der Waals surface area contributed by atoms with E-state index in [2.05, 4.69) is 21.6 Å². The first-order valence-corrected chi connectivity index (χ1v) is 6.87. The predicted octanol–water partition coefficient (Wildman–Crippen LogP) is 3.59. The number of halogens is 1. The Bertz CT molecular complexity index is 530. The van der Waals surface area contributed by atoms with Gasteiger partial charge in [0.1, 0.15) is 0 Å². The fraction of sp³-hybridized carbons (Fsp3) is 0.429. The molecule has 18 heavy (non-hydrogen) atoms. The van der Waals surface area contributed by atoms with Gasteiger partial charge in [0.2, 0.25) is 0 Å². The number of hydrogen-bond acceptors (Lipinski definition) is 3. The Morgan fingerprint density at radius 2 is 1.89 bits per heavy atom. The third kappa shape index (κ3) is 2.41. The number of hydrogen-bond donors (Lipinski definition) is 1. The van der Waals surface area contributed by atoms with Gasteiger partial charge in [0.25, 0.3) is 0 Å². The van der Waals surface area contributed by atoms with E-state index >= 15 is 0 Å². The standard InChI is InChI=1S/C14H16ClN3/c15-10-5-7-11(8-6-10)17-14-9-16-18-13-4-2-1-3-12(13)14/h1-4,9-11H,5-8H2,(H,17,18). The smallest absolute Gasteiger partial charge is 0.0950 e. The molecule has 3 nitrogen and oxygen atoms in total. The highest BCUT2D eigenvalue weighted by molar-refractivity contribution is 6.20. The fourth-order valence-electron chi connectivity index (χ4n) is 2.54. The first-order chi connectivity index (χ1) is 8.83. The van der Waals surface area contributed by atoms with E-state index in [0.717, 1.165) is 42.3 Å². The number of nitrogens with zero attached hydrogens (tertiary/aromatic N) is 2. The van der Waals surface area contributed by atoms with Crippen LogP contribution < -0.4 is 5.32 Å². The minimum atomic E-state index is 0.357. The summed E-state index contributed by atoms with van der Waals surface area (Å²) in [5.41, 5.74) is 2.02. The van der Waals surface area contributed by atoms with E-state index < -0.39 is 0 Å². The third-order valence-corrected chi connectivity index (χ3v) is 4.00. The van der Waals surface area contributed by atoms with Crippen molar-refractivity contribution in [3.05, 3.63) is 30.5 Å². The van der Waals surface area contributed by atoms with Gasteiger partial charge in [-0.25, -0.2) is 0 Å². The molecule has 0 amide bonds. The Labute approximate surface area is 112 Å². The molecule has 1 aliphatic carbocycles. The molecule has 1 aliphatic rings. The molecule has 0 atom stereocenters. The normalized spacial score (nSPS) is 24.1. The van der Waals surface area contributed by atoms with E-state index in [1.807, 2.05) is 24.4 Å². The summed E-state index contributed by atoms with van der Waals surface area (Å²) in [6.45, 7) is 0. The number of alkyl halides is 1. The summed E-state index contributed by atoms with van der Waals surface area (Å²) in [6.07, 6.45) is 6.26. The molecule has 0 radical (unpaired) electrons. The average molecular weight is 262 g/mol. The largest absolute Gasteiger partial charge is 0.380 e. The lowest BCUT2D eigenvalue weighted by atomic mass is 9.95. The van der Waals surface area contributed by atoms with Gasteiger partial charge in [-0.05, 0) is 31.7 Å². The molecule has 1 N–H and O–H groups in total. The lowest BCUT2D eigenvalue weighted by molar-refractivity contribution is 0.468. The maximum atomic E-state index is 6.13. The summed E-state index contributed by atoms with van der Waals surface area (Å²) in [7, 11) is 0. The summed E-state index contributed by atoms with van der Waals surface area (Å²) in [6, 6.07) is 8.60. The van der Waals surface area contributed by atoms with Crippen molar-refractivity contribution < 1.29 is 0 Å². The van der Waals surface area contributed by atoms with Gasteiger partial charge in [-0.1, -0.05) is 18.2 Å². The fourth-order valence-corrected chi connectivity index (χ4v) is 2.79. The zero-order chi connectivity index (χ0) is 12.4. The van der Waals surface area contributed by atoms with Crippen LogP contribution in [0.2, 0.25) is 0 Å². The molecule has 2 aromatic rings. The lowest BCUT2D eigenvalue weighted by Gasteiger charge is -2.26. The van der Waals surface area contributed by atoms with Gasteiger partial charge in [0, 0.05) is 16.8 Å². The second kappa shape index (κ2) is 5.11. The van der Waals surface area contributed by atoms with Crippen LogP contribution in [0.3, 0.4) is 0 Å². The van der Waals surface area contributed by atoms with E-state index in [9.17, 15) is 0 Å². The van der Waals surface area contributed by atoms with Gasteiger partial charge in [-0.3, -0.25) is 0 Å². The average Bonchev–Trinajstić information content (AvgIpc) is 2.42. The van der Waals surface area contributed by atoms with E-state index in [4.69, 9.17) is 11.6 Å². The van der Waals surface area contributed by atoms with E-state index in [-0.39, 0.29) is 0 Å². The van der Waals surface area contributed by atoms with Gasteiger partial charge >= 0.3 is 0 Å². The van der Waals surface area contributed by atoms with Crippen LogP contribution in [0.1, 0.15) is 25.7 Å². The van der Waals surface area contributed by atoms with E-state index in [1.165, 1.54) is 0 Å². The summed E-state index contributed by atoms with van der Waals surface area (Å²) in [4.78, 5) is 0. The number of anilines is 1. The van der Waals surface area contributed by atoms with Crippen molar-refractivity contribution in [2.24, 2.45) is 0 Å². The molecule has 0 spiro atoms. The molecule has 1 heterocycles. The maximum Gasteiger partial charge on any atom is 0.0950 e. The summed E-state index contributed by atoms with van der Waals surface area (Å²) < 4.78 is 0. The Morgan fingerprint density at radius 1 is 1.11 bits per heavy atom. The Balaban J connectivity index is 1.82. The topological polar surface area (TPSA) is 37.8 Å². The number of aromatic nitrogens is 2. The second-order valence-corrected chi connectivity index (χ2v) is 5.49. The lowest BCUT2D eigenvalue weighted by Crippen LogP contribution is -2.26. The van der Waals surface area contributed by atoms with Crippen molar-refractivity contribution in [3.8, 4) is 0 Å². The SMILES string of the molecule is ClC1CCC(Nc2cnnc3ccccc23)CC1. The highest BCUT2D eigenvalue weighted by atomic mass is 35.5. The van der Waals surface area contributed by atoms with Crippen LogP contribution in [0, 0.1) is 0 Å². The molecule has 0 saturated heterocycles. The molecule has 94 valence electrons. The second-order valence-electron chi connectivity index (χ2n) is 4.87. The van der Waals surface area contributed by atoms with Crippen LogP contribution in [0.25, 0.3) is 10.9 Å². The van der Waals surface area contributed by atoms with Gasteiger partial charge in [-0.15, -0.1) is 11.6 Å². The van der Waals surface area contributed by atoms with Crippen LogP contribution in [-0.2, 0) is 0 Å². The molecular formula is C14H16ClN3. The van der Waals surface area contributed by atoms with Crippen LogP contribution in [0.5, 0.6) is 0 Å².